The number of rotatable bonds is 6. The summed E-state index contributed by atoms with van der Waals surface area (Å²) in [6.07, 6.45) is 9.24. The van der Waals surface area contributed by atoms with E-state index in [1.807, 2.05) is 0 Å². The fourth-order valence-electron chi connectivity index (χ4n) is 2.99. The van der Waals surface area contributed by atoms with Crippen LogP contribution in [0.5, 0.6) is 0 Å². The zero-order valence-electron chi connectivity index (χ0n) is 11.2. The Balaban J connectivity index is 1.48. The van der Waals surface area contributed by atoms with Crippen molar-refractivity contribution in [1.82, 2.24) is 5.32 Å². The van der Waals surface area contributed by atoms with Crippen molar-refractivity contribution in [2.45, 2.75) is 63.5 Å². The Hall–Kier alpha value is -0.610. The molecule has 3 N–H and O–H groups in total. The second kappa shape index (κ2) is 7.10. The van der Waals surface area contributed by atoms with E-state index in [4.69, 9.17) is 10.5 Å². The lowest BCUT2D eigenvalue weighted by atomic mass is 10.1. The van der Waals surface area contributed by atoms with Gasteiger partial charge in [0.1, 0.15) is 0 Å². The van der Waals surface area contributed by atoms with Gasteiger partial charge in [0, 0.05) is 25.1 Å². The normalized spacial score (nSPS) is 28.7. The SMILES string of the molecule is N[C@@H]1CC[C@H](C(=O)NCCCOC2CCCC2)C1. The van der Waals surface area contributed by atoms with Crippen molar-refractivity contribution < 1.29 is 9.53 Å². The van der Waals surface area contributed by atoms with Crippen molar-refractivity contribution >= 4 is 5.91 Å². The Labute approximate surface area is 110 Å². The van der Waals surface area contributed by atoms with Crippen LogP contribution < -0.4 is 11.1 Å². The van der Waals surface area contributed by atoms with Gasteiger partial charge in [-0.25, -0.2) is 0 Å². The number of hydrogen-bond acceptors (Lipinski definition) is 3. The summed E-state index contributed by atoms with van der Waals surface area (Å²) in [4.78, 5) is 11.8. The maximum atomic E-state index is 11.8. The number of nitrogens with one attached hydrogen (secondary N) is 1. The number of amides is 1. The summed E-state index contributed by atoms with van der Waals surface area (Å²) in [6, 6.07) is 0.228. The first-order valence-corrected chi connectivity index (χ1v) is 7.40. The predicted octanol–water partition coefficient (Wildman–Crippen LogP) is 1.58. The van der Waals surface area contributed by atoms with Gasteiger partial charge < -0.3 is 15.8 Å². The summed E-state index contributed by atoms with van der Waals surface area (Å²) in [5.74, 6) is 0.333. The smallest absolute Gasteiger partial charge is 0.223 e. The molecule has 0 radical (unpaired) electrons. The lowest BCUT2D eigenvalue weighted by Gasteiger charge is -2.13. The van der Waals surface area contributed by atoms with Gasteiger partial charge in [-0.2, -0.15) is 0 Å². The predicted molar refractivity (Wildman–Crippen MR) is 71.2 cm³/mol. The summed E-state index contributed by atoms with van der Waals surface area (Å²) in [5.41, 5.74) is 5.81. The molecule has 0 spiro atoms. The molecule has 104 valence electrons. The van der Waals surface area contributed by atoms with Gasteiger partial charge in [-0.3, -0.25) is 4.79 Å². The number of nitrogens with two attached hydrogens (primary N) is 1. The highest BCUT2D eigenvalue weighted by atomic mass is 16.5. The van der Waals surface area contributed by atoms with Crippen LogP contribution in [-0.2, 0) is 9.53 Å². The molecule has 4 nitrogen and oxygen atoms in total. The van der Waals surface area contributed by atoms with Crippen molar-refractivity contribution in [1.29, 1.82) is 0 Å². The summed E-state index contributed by atoms with van der Waals surface area (Å²) in [6.45, 7) is 1.51. The van der Waals surface area contributed by atoms with E-state index < -0.39 is 0 Å². The first-order chi connectivity index (χ1) is 8.75. The lowest BCUT2D eigenvalue weighted by molar-refractivity contribution is -0.124. The van der Waals surface area contributed by atoms with Gasteiger partial charge in [-0.05, 0) is 38.5 Å². The van der Waals surface area contributed by atoms with E-state index in [1.165, 1.54) is 25.7 Å². The van der Waals surface area contributed by atoms with Crippen LogP contribution >= 0.6 is 0 Å². The minimum atomic E-state index is 0.149. The largest absolute Gasteiger partial charge is 0.378 e. The van der Waals surface area contributed by atoms with Crippen LogP contribution in [0.1, 0.15) is 51.4 Å². The molecule has 1 amide bonds. The maximum absolute atomic E-state index is 11.8. The van der Waals surface area contributed by atoms with Crippen LogP contribution in [0.25, 0.3) is 0 Å². The van der Waals surface area contributed by atoms with Crippen molar-refractivity contribution in [3.63, 3.8) is 0 Å². The average Bonchev–Trinajstić information content (AvgIpc) is 2.99. The molecule has 0 aliphatic heterocycles. The molecule has 18 heavy (non-hydrogen) atoms. The summed E-state index contributed by atoms with van der Waals surface area (Å²) in [5, 5.41) is 3.00. The molecule has 2 rings (SSSR count). The molecule has 0 bridgehead atoms. The minimum absolute atomic E-state index is 0.149. The van der Waals surface area contributed by atoms with Crippen LogP contribution in [0.3, 0.4) is 0 Å². The molecule has 2 aliphatic rings. The highest BCUT2D eigenvalue weighted by Crippen LogP contribution is 2.24. The van der Waals surface area contributed by atoms with E-state index in [-0.39, 0.29) is 17.9 Å². The first-order valence-electron chi connectivity index (χ1n) is 7.40. The van der Waals surface area contributed by atoms with Gasteiger partial charge >= 0.3 is 0 Å². The minimum Gasteiger partial charge on any atom is -0.378 e. The van der Waals surface area contributed by atoms with Crippen LogP contribution in [0.15, 0.2) is 0 Å². The van der Waals surface area contributed by atoms with E-state index in [0.717, 1.165) is 38.8 Å². The van der Waals surface area contributed by atoms with Gasteiger partial charge in [0.25, 0.3) is 0 Å². The molecule has 0 saturated heterocycles. The van der Waals surface area contributed by atoms with E-state index >= 15 is 0 Å². The molecule has 2 aliphatic carbocycles. The number of carbonyl (C=O) groups excluding carboxylic acids is 1. The number of hydrogen-bond donors (Lipinski definition) is 2. The molecule has 0 heterocycles. The van der Waals surface area contributed by atoms with Gasteiger partial charge in [-0.1, -0.05) is 12.8 Å². The second-order valence-corrected chi connectivity index (χ2v) is 5.69. The highest BCUT2D eigenvalue weighted by Gasteiger charge is 2.27. The monoisotopic (exact) mass is 254 g/mol. The standard InChI is InChI=1S/C14H26N2O2/c15-12-7-6-11(10-12)14(17)16-8-3-9-18-13-4-1-2-5-13/h11-13H,1-10,15H2,(H,16,17)/t11-,12+/m0/s1. The van der Waals surface area contributed by atoms with Gasteiger partial charge in [0.15, 0.2) is 0 Å². The molecule has 4 heteroatoms. The Morgan fingerprint density at radius 1 is 1.22 bits per heavy atom. The zero-order chi connectivity index (χ0) is 12.8. The number of ether oxygens (including phenoxy) is 1. The third-order valence-electron chi connectivity index (χ3n) is 4.12. The van der Waals surface area contributed by atoms with E-state index in [2.05, 4.69) is 5.32 Å². The van der Waals surface area contributed by atoms with E-state index in [0.29, 0.717) is 6.10 Å². The van der Waals surface area contributed by atoms with Crippen molar-refractivity contribution in [3.05, 3.63) is 0 Å². The van der Waals surface area contributed by atoms with Crippen molar-refractivity contribution in [2.24, 2.45) is 11.7 Å². The van der Waals surface area contributed by atoms with Gasteiger partial charge in [0.05, 0.1) is 6.10 Å². The number of carbonyl (C=O) groups is 1. The average molecular weight is 254 g/mol. The van der Waals surface area contributed by atoms with Crippen LogP contribution in [-0.4, -0.2) is 31.2 Å². The lowest BCUT2D eigenvalue weighted by Crippen LogP contribution is -2.31. The summed E-state index contributed by atoms with van der Waals surface area (Å²) in [7, 11) is 0. The molecule has 2 fully saturated rings. The Bertz CT molecular complexity index is 265. The van der Waals surface area contributed by atoms with Gasteiger partial charge in [0.2, 0.25) is 5.91 Å². The molecule has 0 aromatic carbocycles. The quantitative estimate of drug-likeness (QED) is 0.707. The van der Waals surface area contributed by atoms with E-state index in [1.54, 1.807) is 0 Å². The maximum Gasteiger partial charge on any atom is 0.223 e. The molecule has 0 aromatic heterocycles. The molecule has 2 saturated carbocycles. The molecule has 0 aromatic rings. The van der Waals surface area contributed by atoms with E-state index in [9.17, 15) is 4.79 Å². The second-order valence-electron chi connectivity index (χ2n) is 5.69. The Morgan fingerprint density at radius 2 is 2.00 bits per heavy atom. The van der Waals surface area contributed by atoms with Crippen molar-refractivity contribution in [2.75, 3.05) is 13.2 Å². The van der Waals surface area contributed by atoms with Crippen LogP contribution in [0.2, 0.25) is 0 Å². The van der Waals surface area contributed by atoms with Crippen molar-refractivity contribution in [3.8, 4) is 0 Å². The molecule has 0 unspecified atom stereocenters. The third kappa shape index (κ3) is 4.25. The topological polar surface area (TPSA) is 64.4 Å². The third-order valence-corrected chi connectivity index (χ3v) is 4.12. The zero-order valence-corrected chi connectivity index (χ0v) is 11.2. The van der Waals surface area contributed by atoms with Crippen LogP contribution in [0.4, 0.5) is 0 Å². The van der Waals surface area contributed by atoms with Crippen LogP contribution in [0, 0.1) is 5.92 Å². The first kappa shape index (κ1) is 13.8. The highest BCUT2D eigenvalue weighted by molar-refractivity contribution is 5.78. The summed E-state index contributed by atoms with van der Waals surface area (Å²) >= 11 is 0. The fraction of sp³-hybridized carbons (Fsp3) is 0.929. The molecular formula is C14H26N2O2. The Kier molecular flexibility index (Phi) is 5.45. The fourth-order valence-corrected chi connectivity index (χ4v) is 2.99. The molecule has 2 atom stereocenters. The molecular weight excluding hydrogens is 228 g/mol. The Morgan fingerprint density at radius 3 is 2.67 bits per heavy atom. The summed E-state index contributed by atoms with van der Waals surface area (Å²) < 4.78 is 5.76. The van der Waals surface area contributed by atoms with Gasteiger partial charge in [-0.15, -0.1) is 0 Å².